The average Bonchev–Trinajstić information content (AvgIpc) is 2.47. The Labute approximate surface area is 121 Å². The van der Waals surface area contributed by atoms with Gasteiger partial charge in [0.15, 0.2) is 0 Å². The molecule has 20 heavy (non-hydrogen) atoms. The summed E-state index contributed by atoms with van der Waals surface area (Å²) in [7, 11) is 0. The van der Waals surface area contributed by atoms with E-state index in [1.54, 1.807) is 0 Å². The van der Waals surface area contributed by atoms with E-state index in [9.17, 15) is 0 Å². The molecule has 0 bridgehead atoms. The number of benzene rings is 2. The Balaban J connectivity index is 2.06. The molecular formula is C18H22N2. The number of para-hydroxylation sites is 2. The highest BCUT2D eigenvalue weighted by atomic mass is 15.1. The van der Waals surface area contributed by atoms with Crippen LogP contribution in [0.2, 0.25) is 0 Å². The van der Waals surface area contributed by atoms with Gasteiger partial charge in [-0.1, -0.05) is 43.3 Å². The van der Waals surface area contributed by atoms with Crippen molar-refractivity contribution in [3.8, 4) is 0 Å². The molecule has 1 unspecified atom stereocenters. The number of nitrogens with zero attached hydrogens (tertiary/aromatic N) is 1. The zero-order chi connectivity index (χ0) is 13.9. The van der Waals surface area contributed by atoms with Gasteiger partial charge in [0.2, 0.25) is 0 Å². The van der Waals surface area contributed by atoms with Crippen molar-refractivity contribution < 1.29 is 0 Å². The van der Waals surface area contributed by atoms with Crippen molar-refractivity contribution in [1.29, 1.82) is 0 Å². The van der Waals surface area contributed by atoms with E-state index in [1.807, 2.05) is 0 Å². The van der Waals surface area contributed by atoms with Crippen LogP contribution >= 0.6 is 0 Å². The first-order valence-corrected chi connectivity index (χ1v) is 7.43. The smallest absolute Gasteiger partial charge is 0.0443 e. The van der Waals surface area contributed by atoms with Gasteiger partial charge in [-0.05, 0) is 48.6 Å². The van der Waals surface area contributed by atoms with E-state index >= 15 is 0 Å². The standard InChI is InChI=1S/C18H22N2/c1-14-12-16-7-3-5-9-18(16)20(13-14)17-8-4-2-6-15(17)10-11-19/h2-9,14H,10-13,19H2,1H3. The molecule has 1 heterocycles. The minimum atomic E-state index is 0.677. The first-order valence-electron chi connectivity index (χ1n) is 7.43. The van der Waals surface area contributed by atoms with E-state index in [1.165, 1.54) is 28.9 Å². The summed E-state index contributed by atoms with van der Waals surface area (Å²) in [5, 5.41) is 0. The molecule has 0 saturated heterocycles. The summed E-state index contributed by atoms with van der Waals surface area (Å²) in [6.07, 6.45) is 2.11. The fourth-order valence-corrected chi connectivity index (χ4v) is 3.17. The second-order valence-electron chi connectivity index (χ2n) is 5.72. The van der Waals surface area contributed by atoms with E-state index in [0.717, 1.165) is 13.0 Å². The van der Waals surface area contributed by atoms with Crippen molar-refractivity contribution in [1.82, 2.24) is 0 Å². The molecule has 2 nitrogen and oxygen atoms in total. The van der Waals surface area contributed by atoms with Crippen LogP contribution in [0.4, 0.5) is 11.4 Å². The molecular weight excluding hydrogens is 244 g/mol. The van der Waals surface area contributed by atoms with Crippen molar-refractivity contribution in [3.63, 3.8) is 0 Å². The number of anilines is 2. The van der Waals surface area contributed by atoms with Crippen molar-refractivity contribution in [2.45, 2.75) is 19.8 Å². The Kier molecular flexibility index (Phi) is 3.75. The van der Waals surface area contributed by atoms with Crippen LogP contribution in [-0.4, -0.2) is 13.1 Å². The molecule has 2 aromatic rings. The van der Waals surface area contributed by atoms with Crippen LogP contribution in [-0.2, 0) is 12.8 Å². The topological polar surface area (TPSA) is 29.3 Å². The monoisotopic (exact) mass is 266 g/mol. The zero-order valence-electron chi connectivity index (χ0n) is 12.0. The van der Waals surface area contributed by atoms with E-state index in [-0.39, 0.29) is 0 Å². The lowest BCUT2D eigenvalue weighted by Crippen LogP contribution is -2.31. The Morgan fingerprint density at radius 2 is 1.75 bits per heavy atom. The highest BCUT2D eigenvalue weighted by Gasteiger charge is 2.23. The third-order valence-corrected chi connectivity index (χ3v) is 4.04. The molecule has 0 saturated carbocycles. The maximum absolute atomic E-state index is 5.76. The van der Waals surface area contributed by atoms with Crippen molar-refractivity contribution >= 4 is 11.4 Å². The van der Waals surface area contributed by atoms with Crippen LogP contribution in [0.5, 0.6) is 0 Å². The van der Waals surface area contributed by atoms with Gasteiger partial charge in [-0.2, -0.15) is 0 Å². The summed E-state index contributed by atoms with van der Waals surface area (Å²) < 4.78 is 0. The second kappa shape index (κ2) is 5.68. The van der Waals surface area contributed by atoms with Crippen LogP contribution in [0.15, 0.2) is 48.5 Å². The second-order valence-corrected chi connectivity index (χ2v) is 5.72. The minimum absolute atomic E-state index is 0.677. The largest absolute Gasteiger partial charge is 0.341 e. The fourth-order valence-electron chi connectivity index (χ4n) is 3.17. The SMILES string of the molecule is CC1Cc2ccccc2N(c2ccccc2CCN)C1. The lowest BCUT2D eigenvalue weighted by atomic mass is 9.92. The molecule has 1 aliphatic heterocycles. The number of hydrogen-bond donors (Lipinski definition) is 1. The summed E-state index contributed by atoms with van der Waals surface area (Å²) in [5.74, 6) is 0.677. The Morgan fingerprint density at radius 3 is 2.55 bits per heavy atom. The summed E-state index contributed by atoms with van der Waals surface area (Å²) in [6, 6.07) is 17.4. The third-order valence-electron chi connectivity index (χ3n) is 4.04. The van der Waals surface area contributed by atoms with Gasteiger partial charge in [0, 0.05) is 17.9 Å². The molecule has 1 aliphatic rings. The van der Waals surface area contributed by atoms with Gasteiger partial charge in [0.25, 0.3) is 0 Å². The third kappa shape index (κ3) is 2.44. The van der Waals surface area contributed by atoms with Gasteiger partial charge in [0.1, 0.15) is 0 Å². The predicted molar refractivity (Wildman–Crippen MR) is 85.5 cm³/mol. The highest BCUT2D eigenvalue weighted by molar-refractivity contribution is 5.70. The minimum Gasteiger partial charge on any atom is -0.341 e. The molecule has 2 heteroatoms. The maximum atomic E-state index is 5.76. The summed E-state index contributed by atoms with van der Waals surface area (Å²) in [6.45, 7) is 4.11. The van der Waals surface area contributed by atoms with Crippen LogP contribution < -0.4 is 10.6 Å². The van der Waals surface area contributed by atoms with Gasteiger partial charge < -0.3 is 10.6 Å². The van der Waals surface area contributed by atoms with E-state index in [2.05, 4.69) is 60.4 Å². The van der Waals surface area contributed by atoms with Crippen LogP contribution in [0.1, 0.15) is 18.1 Å². The number of hydrogen-bond acceptors (Lipinski definition) is 2. The molecule has 0 spiro atoms. The van der Waals surface area contributed by atoms with Gasteiger partial charge >= 0.3 is 0 Å². The van der Waals surface area contributed by atoms with Crippen molar-refractivity contribution in [3.05, 3.63) is 59.7 Å². The fraction of sp³-hybridized carbons (Fsp3) is 0.333. The molecule has 0 amide bonds. The summed E-state index contributed by atoms with van der Waals surface area (Å²) >= 11 is 0. The van der Waals surface area contributed by atoms with Gasteiger partial charge in [0.05, 0.1) is 0 Å². The van der Waals surface area contributed by atoms with Gasteiger partial charge in [-0.3, -0.25) is 0 Å². The molecule has 1 atom stereocenters. The molecule has 0 aliphatic carbocycles. The van der Waals surface area contributed by atoms with E-state index in [4.69, 9.17) is 5.73 Å². The van der Waals surface area contributed by atoms with Crippen molar-refractivity contribution in [2.75, 3.05) is 18.0 Å². The van der Waals surface area contributed by atoms with Crippen LogP contribution in [0.3, 0.4) is 0 Å². The molecule has 0 fully saturated rings. The van der Waals surface area contributed by atoms with E-state index in [0.29, 0.717) is 12.5 Å². The lowest BCUT2D eigenvalue weighted by molar-refractivity contribution is 0.561. The summed E-state index contributed by atoms with van der Waals surface area (Å²) in [4.78, 5) is 2.47. The summed E-state index contributed by atoms with van der Waals surface area (Å²) in [5.41, 5.74) is 11.2. The van der Waals surface area contributed by atoms with Gasteiger partial charge in [-0.15, -0.1) is 0 Å². The molecule has 3 rings (SSSR count). The number of rotatable bonds is 3. The molecule has 2 N–H and O–H groups in total. The molecule has 104 valence electrons. The molecule has 0 radical (unpaired) electrons. The first kappa shape index (κ1) is 13.2. The highest BCUT2D eigenvalue weighted by Crippen LogP contribution is 2.36. The predicted octanol–water partition coefficient (Wildman–Crippen LogP) is 3.52. The lowest BCUT2D eigenvalue weighted by Gasteiger charge is -2.36. The average molecular weight is 266 g/mol. The molecule has 0 aromatic heterocycles. The normalized spacial score (nSPS) is 17.9. The number of fused-ring (bicyclic) bond motifs is 1. The Morgan fingerprint density at radius 1 is 1.05 bits per heavy atom. The first-order chi connectivity index (χ1) is 9.79. The van der Waals surface area contributed by atoms with Crippen molar-refractivity contribution in [2.24, 2.45) is 11.7 Å². The Hall–Kier alpha value is -1.80. The van der Waals surface area contributed by atoms with Gasteiger partial charge in [-0.25, -0.2) is 0 Å². The Bertz CT molecular complexity index is 591. The quantitative estimate of drug-likeness (QED) is 0.921. The van der Waals surface area contributed by atoms with Crippen LogP contribution in [0.25, 0.3) is 0 Å². The van der Waals surface area contributed by atoms with E-state index < -0.39 is 0 Å². The van der Waals surface area contributed by atoms with Crippen LogP contribution in [0, 0.1) is 5.92 Å². The molecule has 2 aromatic carbocycles. The zero-order valence-corrected chi connectivity index (χ0v) is 12.0. The number of nitrogens with two attached hydrogens (primary N) is 1. The maximum Gasteiger partial charge on any atom is 0.0443 e.